The molecule has 5 heteroatoms. The molecule has 0 N–H and O–H groups in total. The van der Waals surface area contributed by atoms with Crippen LogP contribution in [0.1, 0.15) is 102 Å². The lowest BCUT2D eigenvalue weighted by molar-refractivity contribution is 0.710. The average Bonchev–Trinajstić information content (AvgIpc) is 3.03. The second kappa shape index (κ2) is 6.94. The number of hydrogen-bond donors (Lipinski definition) is 0. The zero-order valence-electron chi connectivity index (χ0n) is 16.3. The monoisotopic (exact) mass is 315 g/mol. The summed E-state index contributed by atoms with van der Waals surface area (Å²) in [6.45, 7) is 17.8. The lowest BCUT2D eigenvalue weighted by Gasteiger charge is -2.21. The van der Waals surface area contributed by atoms with Crippen LogP contribution in [0.25, 0.3) is 0 Å². The Kier molecular flexibility index (Phi) is 5.38. The molecule has 0 fully saturated rings. The summed E-state index contributed by atoms with van der Waals surface area (Å²) in [6, 6.07) is 4.56. The summed E-state index contributed by atoms with van der Waals surface area (Å²) in [5.41, 5.74) is 5.06. The third-order valence-electron chi connectivity index (χ3n) is 4.61. The molecule has 128 valence electrons. The number of aromatic nitrogens is 4. The van der Waals surface area contributed by atoms with Crippen LogP contribution in [0.5, 0.6) is 0 Å². The quantitative estimate of drug-likeness (QED) is 0.756. The molecule has 0 aliphatic heterocycles. The van der Waals surface area contributed by atoms with E-state index < -0.39 is 7.55 Å². The molecule has 0 spiro atoms. The van der Waals surface area contributed by atoms with Gasteiger partial charge in [0.05, 0.1) is 11.4 Å². The van der Waals surface area contributed by atoms with Crippen molar-refractivity contribution in [2.24, 2.45) is 0 Å². The van der Waals surface area contributed by atoms with E-state index in [1.54, 1.807) is 0 Å². The summed E-state index contributed by atoms with van der Waals surface area (Å²) >= 11 is 0. The summed E-state index contributed by atoms with van der Waals surface area (Å²) in [5, 5.41) is 9.78. The van der Waals surface area contributed by atoms with Crippen LogP contribution >= 0.6 is 0 Å². The van der Waals surface area contributed by atoms with E-state index >= 15 is 0 Å². The van der Waals surface area contributed by atoms with Crippen molar-refractivity contribution in [3.05, 3.63) is 34.9 Å². The van der Waals surface area contributed by atoms with Gasteiger partial charge in [0.25, 0.3) is 0 Å². The van der Waals surface area contributed by atoms with Gasteiger partial charge < -0.3 is 9.19 Å². The lowest BCUT2D eigenvalue weighted by Crippen LogP contribution is -2.24. The van der Waals surface area contributed by atoms with E-state index in [9.17, 15) is 0 Å². The molecule has 2 heterocycles. The Morgan fingerprint density at radius 3 is 1.26 bits per heavy atom. The molecule has 2 aromatic rings. The maximum absolute atomic E-state index is 4.89. The van der Waals surface area contributed by atoms with Crippen LogP contribution in [-0.4, -0.2) is 26.9 Å². The number of rotatable bonds is 6. The SMILES string of the molecule is CC(C)c1cc(C(C)C)n([BH2-]n2nc(C(C)C)cc2C(C)C)n1. The van der Waals surface area contributed by atoms with E-state index in [1.807, 2.05) is 0 Å². The highest BCUT2D eigenvalue weighted by Gasteiger charge is 2.14. The predicted octanol–water partition coefficient (Wildman–Crippen LogP) is 3.97. The fourth-order valence-electron chi connectivity index (χ4n) is 3.15. The van der Waals surface area contributed by atoms with Crippen molar-refractivity contribution in [1.82, 2.24) is 19.4 Å². The van der Waals surface area contributed by atoms with Crippen LogP contribution in [-0.2, 0) is 0 Å². The molecular weight excluding hydrogens is 283 g/mol. The van der Waals surface area contributed by atoms with Crippen molar-refractivity contribution in [2.45, 2.75) is 79.1 Å². The van der Waals surface area contributed by atoms with Gasteiger partial charge in [-0.25, -0.2) is 10.2 Å². The predicted molar refractivity (Wildman–Crippen MR) is 100 cm³/mol. The molecule has 2 rings (SSSR count). The van der Waals surface area contributed by atoms with E-state index in [1.165, 1.54) is 22.8 Å². The Morgan fingerprint density at radius 2 is 1.00 bits per heavy atom. The first kappa shape index (κ1) is 17.8. The fourth-order valence-corrected chi connectivity index (χ4v) is 3.15. The molecule has 0 radical (unpaired) electrons. The molecule has 0 saturated heterocycles. The van der Waals surface area contributed by atoms with Crippen LogP contribution < -0.4 is 0 Å². The van der Waals surface area contributed by atoms with E-state index in [4.69, 9.17) is 10.2 Å². The topological polar surface area (TPSA) is 35.6 Å². The third kappa shape index (κ3) is 3.88. The first-order valence-corrected chi connectivity index (χ1v) is 9.12. The van der Waals surface area contributed by atoms with Gasteiger partial charge in [-0.1, -0.05) is 55.4 Å². The Balaban J connectivity index is 2.42. The second-order valence-electron chi connectivity index (χ2n) is 8.05. The summed E-state index contributed by atoms with van der Waals surface area (Å²) in [6.07, 6.45) is 0. The van der Waals surface area contributed by atoms with Crippen molar-refractivity contribution in [1.29, 1.82) is 0 Å². The minimum atomic E-state index is -0.640. The van der Waals surface area contributed by atoms with Gasteiger partial charge in [0.15, 0.2) is 7.55 Å². The summed E-state index contributed by atoms with van der Waals surface area (Å²) in [7, 11) is -0.640. The maximum Gasteiger partial charge on any atom is 0.199 e. The smallest absolute Gasteiger partial charge is 0.199 e. The number of nitrogens with zero attached hydrogens (tertiary/aromatic N) is 4. The van der Waals surface area contributed by atoms with Gasteiger partial charge in [0, 0.05) is 0 Å². The summed E-state index contributed by atoms with van der Waals surface area (Å²) < 4.78 is 4.51. The zero-order valence-corrected chi connectivity index (χ0v) is 16.3. The summed E-state index contributed by atoms with van der Waals surface area (Å²) in [4.78, 5) is 0. The Morgan fingerprint density at radius 1 is 0.652 bits per heavy atom. The third-order valence-corrected chi connectivity index (χ3v) is 4.61. The number of hydrogen-bond acceptors (Lipinski definition) is 2. The van der Waals surface area contributed by atoms with Crippen molar-refractivity contribution in [2.75, 3.05) is 0 Å². The first-order chi connectivity index (χ1) is 10.7. The molecule has 0 aliphatic carbocycles. The molecule has 0 aromatic carbocycles. The van der Waals surface area contributed by atoms with E-state index in [0.29, 0.717) is 23.7 Å². The van der Waals surface area contributed by atoms with Gasteiger partial charge in [-0.2, -0.15) is 0 Å². The van der Waals surface area contributed by atoms with E-state index in [2.05, 4.69) is 76.7 Å². The molecule has 4 nitrogen and oxygen atoms in total. The van der Waals surface area contributed by atoms with Gasteiger partial charge in [-0.05, 0) is 47.2 Å². The van der Waals surface area contributed by atoms with Crippen LogP contribution in [0, 0.1) is 0 Å². The fraction of sp³-hybridized carbons (Fsp3) is 0.667. The minimum Gasteiger partial charge on any atom is -0.426 e. The molecule has 0 bridgehead atoms. The average molecular weight is 315 g/mol. The molecule has 0 aliphatic rings. The Labute approximate surface area is 141 Å². The normalized spacial score (nSPS) is 12.3. The molecule has 0 atom stereocenters. The molecular formula is C18H32BN4-. The minimum absolute atomic E-state index is 0.466. The Bertz CT molecular complexity index is 594. The first-order valence-electron chi connectivity index (χ1n) is 9.12. The van der Waals surface area contributed by atoms with Gasteiger partial charge >= 0.3 is 0 Å². The lowest BCUT2D eigenvalue weighted by atomic mass is 10.0. The highest BCUT2D eigenvalue weighted by atomic mass is 15.3. The van der Waals surface area contributed by atoms with Crippen LogP contribution in [0.3, 0.4) is 0 Å². The largest absolute Gasteiger partial charge is 0.426 e. The molecule has 23 heavy (non-hydrogen) atoms. The van der Waals surface area contributed by atoms with Crippen molar-refractivity contribution in [3.63, 3.8) is 0 Å². The van der Waals surface area contributed by atoms with Gasteiger partial charge in [-0.15, -0.1) is 0 Å². The van der Waals surface area contributed by atoms with Gasteiger partial charge in [0.1, 0.15) is 0 Å². The van der Waals surface area contributed by atoms with Crippen LogP contribution in [0.2, 0.25) is 0 Å². The zero-order chi connectivity index (χ0) is 17.3. The standard InChI is InChI=1S/C18H32BN4/c1-11(2)15-9-17(13(5)6)22(20-15)19-23-18(14(7)8)10-16(21-23)12(3)4/h9-14H,19H2,1-8H3/q-1. The van der Waals surface area contributed by atoms with Crippen LogP contribution in [0.15, 0.2) is 12.1 Å². The highest BCUT2D eigenvalue weighted by molar-refractivity contribution is 6.31. The van der Waals surface area contributed by atoms with Crippen molar-refractivity contribution in [3.8, 4) is 0 Å². The second-order valence-corrected chi connectivity index (χ2v) is 8.05. The molecule has 0 amide bonds. The van der Waals surface area contributed by atoms with Crippen molar-refractivity contribution >= 4 is 7.55 Å². The van der Waals surface area contributed by atoms with E-state index in [0.717, 1.165) is 0 Å². The maximum atomic E-state index is 4.89. The highest BCUT2D eigenvalue weighted by Crippen LogP contribution is 2.22. The van der Waals surface area contributed by atoms with Crippen LogP contribution in [0.4, 0.5) is 0 Å². The van der Waals surface area contributed by atoms with Crippen molar-refractivity contribution < 1.29 is 0 Å². The molecule has 2 aromatic heterocycles. The van der Waals surface area contributed by atoms with Gasteiger partial charge in [0.2, 0.25) is 0 Å². The van der Waals surface area contributed by atoms with Gasteiger partial charge in [-0.3, -0.25) is 0 Å². The summed E-state index contributed by atoms with van der Waals surface area (Å²) in [5.74, 6) is 1.91. The molecule has 0 saturated carbocycles. The molecule has 0 unspecified atom stereocenters. The Hall–Kier alpha value is -1.52. The van der Waals surface area contributed by atoms with E-state index in [-0.39, 0.29) is 0 Å².